The maximum absolute atomic E-state index is 12.0. The number of carboxylic acid groups (broad SMARTS) is 1. The number of hydrogen-bond acceptors (Lipinski definition) is 3. The summed E-state index contributed by atoms with van der Waals surface area (Å²) in [6.45, 7) is 1.98. The van der Waals surface area contributed by atoms with Crippen LogP contribution in [-0.2, 0) is 11.3 Å². The number of carbonyl (C=O) groups is 2. The standard InChI is InChI=1S/C17H17NO4/c1-12(16(19)18-11-13-7-3-2-4-8-13)22-15-10-6-5-9-14(15)17(20)21/h2-10,12H,11H2,1H3,(H,18,19)(H,20,21)/t12-/m0/s1. The molecule has 2 rings (SSSR count). The van der Waals surface area contributed by atoms with E-state index in [1.807, 2.05) is 30.3 Å². The third-order valence-corrected chi connectivity index (χ3v) is 3.10. The molecule has 2 aromatic rings. The van der Waals surface area contributed by atoms with Gasteiger partial charge in [0.2, 0.25) is 0 Å². The van der Waals surface area contributed by atoms with Gasteiger partial charge in [0.25, 0.3) is 5.91 Å². The van der Waals surface area contributed by atoms with Gasteiger partial charge in [0.1, 0.15) is 11.3 Å². The van der Waals surface area contributed by atoms with Crippen molar-refractivity contribution in [1.29, 1.82) is 0 Å². The van der Waals surface area contributed by atoms with E-state index in [0.717, 1.165) is 5.56 Å². The van der Waals surface area contributed by atoms with Crippen molar-refractivity contribution >= 4 is 11.9 Å². The van der Waals surface area contributed by atoms with E-state index >= 15 is 0 Å². The number of ether oxygens (including phenoxy) is 1. The summed E-state index contributed by atoms with van der Waals surface area (Å²) in [7, 11) is 0. The molecule has 0 aromatic heterocycles. The minimum Gasteiger partial charge on any atom is -0.480 e. The highest BCUT2D eigenvalue weighted by atomic mass is 16.5. The first-order chi connectivity index (χ1) is 10.6. The molecular formula is C17H17NO4. The lowest BCUT2D eigenvalue weighted by atomic mass is 10.2. The van der Waals surface area contributed by atoms with Crippen molar-refractivity contribution in [3.63, 3.8) is 0 Å². The molecule has 5 nitrogen and oxygen atoms in total. The topological polar surface area (TPSA) is 75.6 Å². The van der Waals surface area contributed by atoms with Gasteiger partial charge in [0.05, 0.1) is 0 Å². The molecule has 0 radical (unpaired) electrons. The van der Waals surface area contributed by atoms with Crippen LogP contribution in [0.15, 0.2) is 54.6 Å². The lowest BCUT2D eigenvalue weighted by Gasteiger charge is -2.16. The lowest BCUT2D eigenvalue weighted by Crippen LogP contribution is -2.36. The molecule has 1 amide bonds. The molecule has 0 saturated carbocycles. The summed E-state index contributed by atoms with van der Waals surface area (Å²) in [4.78, 5) is 23.1. The van der Waals surface area contributed by atoms with Crippen LogP contribution < -0.4 is 10.1 Å². The van der Waals surface area contributed by atoms with Crippen LogP contribution in [0.25, 0.3) is 0 Å². The van der Waals surface area contributed by atoms with Crippen LogP contribution in [0.3, 0.4) is 0 Å². The maximum Gasteiger partial charge on any atom is 0.339 e. The summed E-state index contributed by atoms with van der Waals surface area (Å²) in [6.07, 6.45) is -0.788. The van der Waals surface area contributed by atoms with E-state index in [9.17, 15) is 9.59 Å². The van der Waals surface area contributed by atoms with Crippen molar-refractivity contribution < 1.29 is 19.4 Å². The van der Waals surface area contributed by atoms with Crippen LogP contribution in [0.5, 0.6) is 5.75 Å². The third kappa shape index (κ3) is 4.09. The highest BCUT2D eigenvalue weighted by Gasteiger charge is 2.18. The molecule has 0 aliphatic rings. The Morgan fingerprint density at radius 2 is 1.73 bits per heavy atom. The number of nitrogens with one attached hydrogen (secondary N) is 1. The largest absolute Gasteiger partial charge is 0.480 e. The zero-order valence-corrected chi connectivity index (χ0v) is 12.2. The second kappa shape index (κ2) is 7.26. The Morgan fingerprint density at radius 3 is 2.41 bits per heavy atom. The number of para-hydroxylation sites is 1. The smallest absolute Gasteiger partial charge is 0.339 e. The molecule has 0 bridgehead atoms. The molecule has 5 heteroatoms. The average molecular weight is 299 g/mol. The summed E-state index contributed by atoms with van der Waals surface area (Å²) >= 11 is 0. The first-order valence-corrected chi connectivity index (χ1v) is 6.88. The fraction of sp³-hybridized carbons (Fsp3) is 0.176. The van der Waals surface area contributed by atoms with Crippen molar-refractivity contribution in [3.8, 4) is 5.75 Å². The molecule has 2 N–H and O–H groups in total. The average Bonchev–Trinajstić information content (AvgIpc) is 2.53. The van der Waals surface area contributed by atoms with E-state index in [2.05, 4.69) is 5.32 Å². The SMILES string of the molecule is C[C@H](Oc1ccccc1C(=O)O)C(=O)NCc1ccccc1. The summed E-state index contributed by atoms with van der Waals surface area (Å²) < 4.78 is 5.46. The molecule has 22 heavy (non-hydrogen) atoms. The van der Waals surface area contributed by atoms with Gasteiger partial charge in [-0.05, 0) is 24.6 Å². The molecule has 0 aliphatic carbocycles. The van der Waals surface area contributed by atoms with Crippen molar-refractivity contribution in [1.82, 2.24) is 5.32 Å². The Labute approximate surface area is 128 Å². The quantitative estimate of drug-likeness (QED) is 0.859. The number of carboxylic acids is 1. The molecule has 114 valence electrons. The number of hydrogen-bond donors (Lipinski definition) is 2. The molecule has 0 fully saturated rings. The number of rotatable bonds is 6. The van der Waals surface area contributed by atoms with Gasteiger partial charge < -0.3 is 15.2 Å². The Bertz CT molecular complexity index is 655. The Morgan fingerprint density at radius 1 is 1.09 bits per heavy atom. The highest BCUT2D eigenvalue weighted by molar-refractivity contribution is 5.91. The zero-order chi connectivity index (χ0) is 15.9. The summed E-state index contributed by atoms with van der Waals surface area (Å²) in [6, 6.07) is 15.7. The van der Waals surface area contributed by atoms with Crippen LogP contribution in [0.2, 0.25) is 0 Å². The molecule has 0 unspecified atom stereocenters. The van der Waals surface area contributed by atoms with E-state index in [4.69, 9.17) is 9.84 Å². The molecule has 0 aliphatic heterocycles. The van der Waals surface area contributed by atoms with Gasteiger partial charge in [-0.3, -0.25) is 4.79 Å². The van der Waals surface area contributed by atoms with Crippen LogP contribution >= 0.6 is 0 Å². The van der Waals surface area contributed by atoms with Gasteiger partial charge in [0.15, 0.2) is 6.10 Å². The predicted molar refractivity (Wildman–Crippen MR) is 81.8 cm³/mol. The number of amides is 1. The Kier molecular flexibility index (Phi) is 5.14. The monoisotopic (exact) mass is 299 g/mol. The van der Waals surface area contributed by atoms with Crippen LogP contribution in [0.4, 0.5) is 0 Å². The van der Waals surface area contributed by atoms with Crippen molar-refractivity contribution in [2.45, 2.75) is 19.6 Å². The predicted octanol–water partition coefficient (Wildman–Crippen LogP) is 2.47. The zero-order valence-electron chi connectivity index (χ0n) is 12.2. The second-order valence-corrected chi connectivity index (χ2v) is 4.76. The normalized spacial score (nSPS) is 11.5. The number of carbonyl (C=O) groups excluding carboxylic acids is 1. The minimum atomic E-state index is -1.09. The van der Waals surface area contributed by atoms with Gasteiger partial charge in [-0.15, -0.1) is 0 Å². The van der Waals surface area contributed by atoms with E-state index in [-0.39, 0.29) is 17.2 Å². The molecule has 2 aromatic carbocycles. The minimum absolute atomic E-state index is 0.0326. The third-order valence-electron chi connectivity index (χ3n) is 3.10. The van der Waals surface area contributed by atoms with Gasteiger partial charge in [-0.25, -0.2) is 4.79 Å². The van der Waals surface area contributed by atoms with E-state index < -0.39 is 12.1 Å². The van der Waals surface area contributed by atoms with E-state index in [0.29, 0.717) is 6.54 Å². The molecule has 0 heterocycles. The first kappa shape index (κ1) is 15.6. The van der Waals surface area contributed by atoms with Crippen molar-refractivity contribution in [3.05, 3.63) is 65.7 Å². The molecule has 0 spiro atoms. The first-order valence-electron chi connectivity index (χ1n) is 6.88. The highest BCUT2D eigenvalue weighted by Crippen LogP contribution is 2.19. The molecule has 0 saturated heterocycles. The fourth-order valence-corrected chi connectivity index (χ4v) is 1.92. The Balaban J connectivity index is 1.96. The molecule has 1 atom stereocenters. The summed E-state index contributed by atoms with van der Waals surface area (Å²) in [5.41, 5.74) is 1.01. The van der Waals surface area contributed by atoms with Crippen LogP contribution in [0, 0.1) is 0 Å². The number of aromatic carboxylic acids is 1. The van der Waals surface area contributed by atoms with E-state index in [1.54, 1.807) is 19.1 Å². The van der Waals surface area contributed by atoms with Crippen LogP contribution in [0.1, 0.15) is 22.8 Å². The second-order valence-electron chi connectivity index (χ2n) is 4.76. The lowest BCUT2D eigenvalue weighted by molar-refractivity contribution is -0.127. The fourth-order valence-electron chi connectivity index (χ4n) is 1.92. The van der Waals surface area contributed by atoms with Gasteiger partial charge in [-0.1, -0.05) is 42.5 Å². The summed E-state index contributed by atoms with van der Waals surface area (Å²) in [5, 5.41) is 11.8. The van der Waals surface area contributed by atoms with Crippen molar-refractivity contribution in [2.24, 2.45) is 0 Å². The van der Waals surface area contributed by atoms with Gasteiger partial charge in [0, 0.05) is 6.54 Å². The van der Waals surface area contributed by atoms with Crippen molar-refractivity contribution in [2.75, 3.05) is 0 Å². The van der Waals surface area contributed by atoms with E-state index in [1.165, 1.54) is 12.1 Å². The maximum atomic E-state index is 12.0. The molecular weight excluding hydrogens is 282 g/mol. The number of benzene rings is 2. The van der Waals surface area contributed by atoms with Crippen LogP contribution in [-0.4, -0.2) is 23.1 Å². The van der Waals surface area contributed by atoms with Gasteiger partial charge in [-0.2, -0.15) is 0 Å². The Hall–Kier alpha value is -2.82. The summed E-state index contributed by atoms with van der Waals surface area (Å²) in [5.74, 6) is -1.21. The van der Waals surface area contributed by atoms with Gasteiger partial charge >= 0.3 is 5.97 Å².